The number of hydrogen-bond acceptors (Lipinski definition) is 2. The lowest BCUT2D eigenvalue weighted by molar-refractivity contribution is 0.920. The third-order valence-corrected chi connectivity index (χ3v) is 1.90. The monoisotopic (exact) mass is 170 g/mol. The first-order valence-electron chi connectivity index (χ1n) is 3.55. The Bertz CT molecular complexity index is 248. The first kappa shape index (κ1) is 8.50. The van der Waals surface area contributed by atoms with Gasteiger partial charge in [-0.25, -0.2) is 0 Å². The second-order valence-electron chi connectivity index (χ2n) is 2.46. The highest BCUT2D eigenvalue weighted by Gasteiger charge is 1.97. The van der Waals surface area contributed by atoms with Gasteiger partial charge in [0.25, 0.3) is 0 Å². The lowest BCUT2D eigenvalue weighted by atomic mass is 10.2. The number of pyridine rings is 1. The van der Waals surface area contributed by atoms with Gasteiger partial charge in [-0.1, -0.05) is 11.6 Å². The van der Waals surface area contributed by atoms with Gasteiger partial charge in [-0.05, 0) is 25.1 Å². The summed E-state index contributed by atoms with van der Waals surface area (Å²) in [6, 6.07) is 1.86. The molecule has 0 atom stereocenters. The Hall–Kier alpha value is -0.600. The van der Waals surface area contributed by atoms with Crippen LogP contribution in [0, 0.1) is 6.92 Å². The molecule has 11 heavy (non-hydrogen) atoms. The van der Waals surface area contributed by atoms with E-state index in [9.17, 15) is 0 Å². The quantitative estimate of drug-likeness (QED) is 0.732. The molecule has 0 amide bonds. The maximum atomic E-state index is 5.87. The molecule has 1 heterocycles. The van der Waals surface area contributed by atoms with E-state index in [-0.39, 0.29) is 0 Å². The van der Waals surface area contributed by atoms with E-state index in [0.717, 1.165) is 22.7 Å². The number of nitrogens with two attached hydrogens (primary N) is 1. The Balaban J connectivity index is 2.86. The molecule has 0 aliphatic carbocycles. The van der Waals surface area contributed by atoms with Crippen molar-refractivity contribution in [2.75, 3.05) is 6.54 Å². The van der Waals surface area contributed by atoms with E-state index in [1.165, 1.54) is 0 Å². The molecule has 0 saturated heterocycles. The van der Waals surface area contributed by atoms with E-state index in [0.29, 0.717) is 6.54 Å². The zero-order valence-electron chi connectivity index (χ0n) is 6.47. The first-order valence-corrected chi connectivity index (χ1v) is 3.93. The standard InChI is InChI=1S/C8H11ClN2/c1-6-5-11-7(2-3-10)4-8(6)9/h4-5H,2-3,10H2,1H3. The van der Waals surface area contributed by atoms with Gasteiger partial charge in [0.05, 0.1) is 0 Å². The molecule has 3 heteroatoms. The van der Waals surface area contributed by atoms with Crippen LogP contribution in [0.15, 0.2) is 12.3 Å². The van der Waals surface area contributed by atoms with Crippen LogP contribution in [0.25, 0.3) is 0 Å². The summed E-state index contributed by atoms with van der Waals surface area (Å²) in [6.45, 7) is 2.55. The normalized spacial score (nSPS) is 10.1. The van der Waals surface area contributed by atoms with Crippen molar-refractivity contribution in [3.8, 4) is 0 Å². The molecule has 0 aromatic carbocycles. The molecule has 60 valence electrons. The minimum absolute atomic E-state index is 0.617. The van der Waals surface area contributed by atoms with Crippen LogP contribution in [0.3, 0.4) is 0 Å². The van der Waals surface area contributed by atoms with Crippen molar-refractivity contribution in [2.45, 2.75) is 13.3 Å². The van der Waals surface area contributed by atoms with E-state index in [2.05, 4.69) is 4.98 Å². The van der Waals surface area contributed by atoms with Gasteiger partial charge < -0.3 is 5.73 Å². The molecule has 2 N–H and O–H groups in total. The summed E-state index contributed by atoms with van der Waals surface area (Å²) in [5.74, 6) is 0. The van der Waals surface area contributed by atoms with Crippen molar-refractivity contribution >= 4 is 11.6 Å². The van der Waals surface area contributed by atoms with Gasteiger partial charge >= 0.3 is 0 Å². The number of aryl methyl sites for hydroxylation is 1. The average molecular weight is 171 g/mol. The predicted molar refractivity (Wildman–Crippen MR) is 46.7 cm³/mol. The van der Waals surface area contributed by atoms with Crippen LogP contribution in [-0.4, -0.2) is 11.5 Å². The first-order chi connectivity index (χ1) is 5.24. The van der Waals surface area contributed by atoms with Crippen LogP contribution >= 0.6 is 11.6 Å². The van der Waals surface area contributed by atoms with Crippen LogP contribution in [-0.2, 0) is 6.42 Å². The summed E-state index contributed by atoms with van der Waals surface area (Å²) in [6.07, 6.45) is 2.56. The Morgan fingerprint density at radius 2 is 2.36 bits per heavy atom. The fourth-order valence-corrected chi connectivity index (χ4v) is 0.998. The van der Waals surface area contributed by atoms with Crippen LogP contribution in [0.2, 0.25) is 5.02 Å². The fourth-order valence-electron chi connectivity index (χ4n) is 0.823. The number of rotatable bonds is 2. The summed E-state index contributed by atoms with van der Waals surface area (Å²) < 4.78 is 0. The van der Waals surface area contributed by atoms with Gasteiger partial charge in [-0.15, -0.1) is 0 Å². The highest BCUT2D eigenvalue weighted by molar-refractivity contribution is 6.31. The molecule has 1 aromatic rings. The summed E-state index contributed by atoms with van der Waals surface area (Å²) in [5.41, 5.74) is 7.33. The molecule has 0 aliphatic heterocycles. The minimum Gasteiger partial charge on any atom is -0.330 e. The lowest BCUT2D eigenvalue weighted by Crippen LogP contribution is -2.04. The van der Waals surface area contributed by atoms with Crippen molar-refractivity contribution in [1.82, 2.24) is 4.98 Å². The fraction of sp³-hybridized carbons (Fsp3) is 0.375. The number of nitrogens with zero attached hydrogens (tertiary/aromatic N) is 1. The van der Waals surface area contributed by atoms with Crippen LogP contribution in [0.1, 0.15) is 11.3 Å². The molecule has 2 nitrogen and oxygen atoms in total. The van der Waals surface area contributed by atoms with E-state index in [4.69, 9.17) is 17.3 Å². The van der Waals surface area contributed by atoms with Crippen molar-refractivity contribution in [3.63, 3.8) is 0 Å². The summed E-state index contributed by atoms with van der Waals surface area (Å²) in [5, 5.41) is 0.767. The molecule has 0 aliphatic rings. The van der Waals surface area contributed by atoms with Gasteiger partial charge in [0.15, 0.2) is 0 Å². The van der Waals surface area contributed by atoms with Crippen LogP contribution in [0.5, 0.6) is 0 Å². The molecule has 0 saturated carbocycles. The molecule has 0 bridgehead atoms. The molecular weight excluding hydrogens is 160 g/mol. The summed E-state index contributed by atoms with van der Waals surface area (Å²) >= 11 is 5.87. The smallest absolute Gasteiger partial charge is 0.0468 e. The van der Waals surface area contributed by atoms with Gasteiger partial charge in [0.2, 0.25) is 0 Å². The summed E-state index contributed by atoms with van der Waals surface area (Å²) in [4.78, 5) is 4.16. The minimum atomic E-state index is 0.617. The third kappa shape index (κ3) is 2.17. The Morgan fingerprint density at radius 3 is 2.91 bits per heavy atom. The van der Waals surface area contributed by atoms with E-state index < -0.39 is 0 Å². The highest BCUT2D eigenvalue weighted by atomic mass is 35.5. The largest absolute Gasteiger partial charge is 0.330 e. The van der Waals surface area contributed by atoms with Crippen molar-refractivity contribution in [1.29, 1.82) is 0 Å². The lowest BCUT2D eigenvalue weighted by Gasteiger charge is -2.00. The van der Waals surface area contributed by atoms with Gasteiger partial charge in [-0.2, -0.15) is 0 Å². The number of halogens is 1. The molecule has 0 spiro atoms. The van der Waals surface area contributed by atoms with Crippen molar-refractivity contribution < 1.29 is 0 Å². The van der Waals surface area contributed by atoms with Gasteiger partial charge in [0.1, 0.15) is 0 Å². The second kappa shape index (κ2) is 3.69. The van der Waals surface area contributed by atoms with Crippen molar-refractivity contribution in [3.05, 3.63) is 28.5 Å². The Morgan fingerprint density at radius 1 is 1.64 bits per heavy atom. The van der Waals surface area contributed by atoms with E-state index in [1.54, 1.807) is 6.20 Å². The number of aromatic nitrogens is 1. The Kier molecular flexibility index (Phi) is 2.85. The maximum Gasteiger partial charge on any atom is 0.0468 e. The van der Waals surface area contributed by atoms with Gasteiger partial charge in [0, 0.05) is 23.3 Å². The SMILES string of the molecule is Cc1cnc(CCN)cc1Cl. The zero-order valence-corrected chi connectivity index (χ0v) is 7.23. The van der Waals surface area contributed by atoms with Crippen LogP contribution in [0.4, 0.5) is 0 Å². The van der Waals surface area contributed by atoms with Gasteiger partial charge in [-0.3, -0.25) is 4.98 Å². The summed E-state index contributed by atoms with van der Waals surface area (Å²) in [7, 11) is 0. The second-order valence-corrected chi connectivity index (χ2v) is 2.87. The molecular formula is C8H11ClN2. The molecule has 1 rings (SSSR count). The highest BCUT2D eigenvalue weighted by Crippen LogP contribution is 2.14. The molecule has 0 unspecified atom stereocenters. The maximum absolute atomic E-state index is 5.87. The average Bonchev–Trinajstić information content (AvgIpc) is 1.98. The molecule has 0 radical (unpaired) electrons. The van der Waals surface area contributed by atoms with E-state index in [1.807, 2.05) is 13.0 Å². The van der Waals surface area contributed by atoms with E-state index >= 15 is 0 Å². The predicted octanol–water partition coefficient (Wildman–Crippen LogP) is 1.54. The topological polar surface area (TPSA) is 38.9 Å². The van der Waals surface area contributed by atoms with Crippen LogP contribution < -0.4 is 5.73 Å². The third-order valence-electron chi connectivity index (χ3n) is 1.49. The molecule has 1 aromatic heterocycles. The zero-order chi connectivity index (χ0) is 8.27. The number of hydrogen-bond donors (Lipinski definition) is 1. The van der Waals surface area contributed by atoms with Crippen molar-refractivity contribution in [2.24, 2.45) is 5.73 Å². The molecule has 0 fully saturated rings. The Labute approximate surface area is 71.4 Å².